The van der Waals surface area contributed by atoms with Gasteiger partial charge < -0.3 is 39.7 Å². The number of thioether (sulfide) groups is 1. The van der Waals surface area contributed by atoms with E-state index in [9.17, 15) is 34.8 Å². The number of rotatable bonds is 21. The quantitative estimate of drug-likeness (QED) is 0.0467. The summed E-state index contributed by atoms with van der Waals surface area (Å²) >= 11 is 7.80. The molecule has 0 spiro atoms. The molecule has 5 aromatic carbocycles. The summed E-state index contributed by atoms with van der Waals surface area (Å²) in [6, 6.07) is 34.2. The molecule has 1 aromatic heterocycles. The Morgan fingerprint density at radius 2 is 1.43 bits per heavy atom. The van der Waals surface area contributed by atoms with Crippen molar-refractivity contribution in [3.8, 4) is 22.4 Å². The lowest BCUT2D eigenvalue weighted by Gasteiger charge is -2.37. The minimum atomic E-state index is -5.99. The van der Waals surface area contributed by atoms with Crippen LogP contribution in [0.5, 0.6) is 0 Å². The van der Waals surface area contributed by atoms with Crippen molar-refractivity contribution in [3.63, 3.8) is 0 Å². The average molecular weight is 1130 g/mol. The zero-order valence-corrected chi connectivity index (χ0v) is 47.2. The van der Waals surface area contributed by atoms with E-state index in [1.165, 1.54) is 11.8 Å². The number of sulfonamides is 1. The molecule has 2 aliphatic heterocycles. The molecule has 0 unspecified atom stereocenters. The molecular weight excluding hydrogens is 1070 g/mol. The molecule has 1 atom stereocenters. The number of hydrogen-bond acceptors (Lipinski definition) is 12. The van der Waals surface area contributed by atoms with Crippen molar-refractivity contribution in [2.75, 3.05) is 119 Å². The summed E-state index contributed by atoms with van der Waals surface area (Å²) in [7, 11) is -2.73. The summed E-state index contributed by atoms with van der Waals surface area (Å²) in [5.41, 5.74) is 0.994. The van der Waals surface area contributed by atoms with Crippen molar-refractivity contribution in [3.05, 3.63) is 138 Å². The van der Waals surface area contributed by atoms with Crippen LogP contribution in [0.1, 0.15) is 28.9 Å². The predicted octanol–water partition coefficient (Wildman–Crippen LogP) is 9.63. The molecule has 0 saturated carbocycles. The number of sulfone groups is 1. The highest BCUT2D eigenvalue weighted by Crippen LogP contribution is 2.41. The molecule has 0 radical (unpaired) electrons. The number of hydrogen-bond donors (Lipinski definition) is 3. The molecular formula is C56H67ClF3N9O5S3. The van der Waals surface area contributed by atoms with Crippen molar-refractivity contribution >= 4 is 71.9 Å². The van der Waals surface area contributed by atoms with Gasteiger partial charge in [0.05, 0.1) is 21.8 Å². The van der Waals surface area contributed by atoms with Crippen LogP contribution in [-0.2, 0) is 26.9 Å². The van der Waals surface area contributed by atoms with Crippen LogP contribution in [0.2, 0.25) is 5.02 Å². The van der Waals surface area contributed by atoms with Gasteiger partial charge in [-0.3, -0.25) is 9.52 Å². The summed E-state index contributed by atoms with van der Waals surface area (Å²) in [4.78, 5) is 24.5. The first-order valence-corrected chi connectivity index (χ1v) is 29.9. The molecule has 2 saturated heterocycles. The normalized spacial score (nSPS) is 15.5. The molecule has 0 aliphatic carbocycles. The minimum Gasteiger partial charge on any atom is -0.380 e. The number of benzene rings is 5. The second-order valence-electron chi connectivity index (χ2n) is 19.8. The Bertz CT molecular complexity index is 3200. The minimum absolute atomic E-state index is 0.119. The van der Waals surface area contributed by atoms with Gasteiger partial charge in [-0.25, -0.2) is 16.8 Å². The Hall–Kier alpha value is -5.74. The first kappa shape index (κ1) is 57.4. The summed E-state index contributed by atoms with van der Waals surface area (Å²) in [6.07, 6.45) is 1.31. The monoisotopic (exact) mass is 1130 g/mol. The highest BCUT2D eigenvalue weighted by Gasteiger charge is 2.48. The summed E-state index contributed by atoms with van der Waals surface area (Å²) in [6.45, 7) is 10.7. The fraction of sp³-hybridized carbons (Fsp3) is 0.375. The van der Waals surface area contributed by atoms with E-state index in [-0.39, 0.29) is 17.3 Å². The maximum atomic E-state index is 14.2. The number of carbonyl (C=O) groups is 1. The largest absolute Gasteiger partial charge is 0.501 e. The number of amides is 1. The Morgan fingerprint density at radius 3 is 2.08 bits per heavy atom. The highest BCUT2D eigenvalue weighted by atomic mass is 35.5. The van der Waals surface area contributed by atoms with Gasteiger partial charge in [0.15, 0.2) is 0 Å². The number of halogens is 4. The van der Waals surface area contributed by atoms with Crippen LogP contribution in [0.15, 0.2) is 136 Å². The Kier molecular flexibility index (Phi) is 18.6. The molecule has 2 fully saturated rings. The van der Waals surface area contributed by atoms with Crippen LogP contribution in [0.3, 0.4) is 0 Å². The molecule has 0 bridgehead atoms. The fourth-order valence-electron chi connectivity index (χ4n) is 9.69. The van der Waals surface area contributed by atoms with Gasteiger partial charge in [0, 0.05) is 116 Å². The fourth-order valence-corrected chi connectivity index (χ4v) is 12.9. The van der Waals surface area contributed by atoms with E-state index in [1.54, 1.807) is 24.3 Å². The standard InChI is InChI=1S/C56H67ClF3N9O5S3/c1-40-52(55(70)61-26-10-27-67-31-29-65(4)30-32-67)53(54(66(40)5)41-15-17-43(57)18-16-41)42-11-9-12-47(37-42)69-35-33-68(34-36-69)46-21-19-44(20-22-46)63-77(73,74)49-23-24-50(51(38-49)76(71,72)56(58,59)60)62-45(25-28-64(2)3)39-75-48-13-7-6-8-14-48/h6-9,11-24,37-38,45,62-63H,10,25-36,39H2,1-5H3,(H,61,70)/t45-/m1/s1. The molecule has 8 rings (SSSR count). The van der Waals surface area contributed by atoms with Crippen LogP contribution < -0.4 is 25.2 Å². The number of anilines is 4. The van der Waals surface area contributed by atoms with Crippen molar-refractivity contribution in [1.82, 2.24) is 24.6 Å². The highest BCUT2D eigenvalue weighted by molar-refractivity contribution is 7.99. The predicted molar refractivity (Wildman–Crippen MR) is 306 cm³/mol. The second-order valence-corrected chi connectivity index (χ2v) is 25.0. The number of nitrogens with zero attached hydrogens (tertiary/aromatic N) is 6. The van der Waals surface area contributed by atoms with E-state index < -0.39 is 41.2 Å². The molecule has 6 aromatic rings. The number of aromatic nitrogens is 1. The third-order valence-corrected chi connectivity index (χ3v) is 18.5. The lowest BCUT2D eigenvalue weighted by Crippen LogP contribution is -2.46. The number of likely N-dealkylation sites (N-methyl/N-ethyl adjacent to an activating group) is 1. The Morgan fingerprint density at radius 1 is 0.766 bits per heavy atom. The number of carbonyl (C=O) groups excluding carboxylic acids is 1. The van der Waals surface area contributed by atoms with Gasteiger partial charge >= 0.3 is 5.51 Å². The summed E-state index contributed by atoms with van der Waals surface area (Å²) in [5, 5.41) is 6.85. The number of alkyl halides is 3. The first-order chi connectivity index (χ1) is 36.7. The van der Waals surface area contributed by atoms with Crippen molar-refractivity contribution in [2.45, 2.75) is 46.0 Å². The molecule has 2 aliphatic rings. The molecule has 412 valence electrons. The molecule has 77 heavy (non-hydrogen) atoms. The van der Waals surface area contributed by atoms with E-state index in [0.29, 0.717) is 68.1 Å². The zero-order valence-electron chi connectivity index (χ0n) is 44.0. The van der Waals surface area contributed by atoms with Gasteiger partial charge in [0.25, 0.3) is 25.8 Å². The maximum Gasteiger partial charge on any atom is 0.501 e. The van der Waals surface area contributed by atoms with Crippen molar-refractivity contribution in [2.24, 2.45) is 7.05 Å². The molecule has 3 N–H and O–H groups in total. The van der Waals surface area contributed by atoms with E-state index in [4.69, 9.17) is 11.6 Å². The third-order valence-electron chi connectivity index (χ3n) is 14.2. The van der Waals surface area contributed by atoms with Gasteiger partial charge in [-0.15, -0.1) is 11.8 Å². The lowest BCUT2D eigenvalue weighted by atomic mass is 9.95. The van der Waals surface area contributed by atoms with E-state index in [2.05, 4.69) is 58.7 Å². The van der Waals surface area contributed by atoms with Gasteiger partial charge in [0.2, 0.25) is 0 Å². The smallest absolute Gasteiger partial charge is 0.380 e. The van der Waals surface area contributed by atoms with E-state index in [0.717, 1.165) is 95.6 Å². The molecule has 3 heterocycles. The molecule has 14 nitrogen and oxygen atoms in total. The van der Waals surface area contributed by atoms with Gasteiger partial charge in [-0.05, 0) is 144 Å². The van der Waals surface area contributed by atoms with Crippen molar-refractivity contribution in [1.29, 1.82) is 0 Å². The zero-order chi connectivity index (χ0) is 55.1. The second kappa shape index (κ2) is 24.9. The first-order valence-electron chi connectivity index (χ1n) is 25.6. The average Bonchev–Trinajstić information content (AvgIpc) is 3.68. The maximum absolute atomic E-state index is 14.2. The summed E-state index contributed by atoms with van der Waals surface area (Å²) < 4.78 is 101. The topological polar surface area (TPSA) is 143 Å². The number of nitrogens with one attached hydrogen (secondary N) is 3. The van der Waals surface area contributed by atoms with Crippen LogP contribution in [-0.4, -0.2) is 152 Å². The van der Waals surface area contributed by atoms with Crippen LogP contribution >= 0.6 is 23.4 Å². The lowest BCUT2D eigenvalue weighted by molar-refractivity contribution is -0.0435. The SMILES string of the molecule is Cc1c(C(=O)NCCCN2CCN(C)CC2)c(-c2cccc(N3CCN(c4ccc(NS(=O)(=O)c5ccc(N[C@H](CCN(C)C)CSc6ccccc6)c(S(=O)(=O)C(F)(F)F)c5)cc4)CC3)c2)c(-c2ccc(Cl)cc2)n1C. The Balaban J connectivity index is 0.950. The third kappa shape index (κ3) is 14.1. The van der Waals surface area contributed by atoms with Crippen LogP contribution in [0, 0.1) is 6.92 Å². The van der Waals surface area contributed by atoms with Crippen molar-refractivity contribution < 1.29 is 34.8 Å². The van der Waals surface area contributed by atoms with Gasteiger partial charge in [0.1, 0.15) is 4.90 Å². The van der Waals surface area contributed by atoms with Gasteiger partial charge in [-0.2, -0.15) is 13.2 Å². The summed E-state index contributed by atoms with van der Waals surface area (Å²) in [5.74, 6) is 0.277. The van der Waals surface area contributed by atoms with Crippen LogP contribution in [0.4, 0.5) is 35.9 Å². The Labute approximate surface area is 460 Å². The van der Waals surface area contributed by atoms with Gasteiger partial charge in [-0.1, -0.05) is 54.1 Å². The molecule has 21 heteroatoms. The number of piperazine rings is 2. The van der Waals surface area contributed by atoms with E-state index in [1.807, 2.05) is 99.7 Å². The molecule has 1 amide bonds. The van der Waals surface area contributed by atoms with Crippen LogP contribution in [0.25, 0.3) is 22.4 Å². The van der Waals surface area contributed by atoms with E-state index >= 15 is 0 Å².